The average molecular weight is 249 g/mol. The lowest BCUT2D eigenvalue weighted by atomic mass is 10.1. The van der Waals surface area contributed by atoms with E-state index >= 15 is 0 Å². The van der Waals surface area contributed by atoms with Gasteiger partial charge in [-0.15, -0.1) is 0 Å². The highest BCUT2D eigenvalue weighted by molar-refractivity contribution is 5.95. The molecule has 0 spiro atoms. The molecule has 2 rings (SSSR count). The summed E-state index contributed by atoms with van der Waals surface area (Å²) in [5.74, 6) is -0.410. The van der Waals surface area contributed by atoms with E-state index in [1.54, 1.807) is 0 Å². The highest BCUT2D eigenvalue weighted by atomic mass is 16.5. The molecule has 1 aliphatic rings. The molecule has 1 aliphatic carbocycles. The molecule has 0 aliphatic heterocycles. The van der Waals surface area contributed by atoms with Crippen LogP contribution in [-0.4, -0.2) is 17.2 Å². The molecular weight excluding hydrogens is 230 g/mol. The van der Waals surface area contributed by atoms with E-state index in [1.807, 2.05) is 0 Å². The first kappa shape index (κ1) is 12.7. The van der Waals surface area contributed by atoms with Crippen LogP contribution in [0.2, 0.25) is 0 Å². The lowest BCUT2D eigenvalue weighted by Gasteiger charge is -2.16. The molecule has 1 saturated carbocycles. The van der Waals surface area contributed by atoms with Gasteiger partial charge in [0.2, 0.25) is 0 Å². The minimum Gasteiger partial charge on any atom is -0.508 e. The molecule has 0 heterocycles. The smallest absolute Gasteiger partial charge is 0.340 e. The van der Waals surface area contributed by atoms with Gasteiger partial charge in [0.25, 0.3) is 0 Å². The number of benzene rings is 1. The van der Waals surface area contributed by atoms with Gasteiger partial charge in [-0.2, -0.15) is 0 Å². The number of rotatable bonds is 2. The van der Waals surface area contributed by atoms with Crippen LogP contribution in [0.4, 0.5) is 5.69 Å². The number of hydrogen-bond donors (Lipinski definition) is 2. The molecule has 0 unspecified atom stereocenters. The lowest BCUT2D eigenvalue weighted by Crippen LogP contribution is -2.18. The van der Waals surface area contributed by atoms with E-state index in [2.05, 4.69) is 0 Å². The Hall–Kier alpha value is -1.71. The van der Waals surface area contributed by atoms with Gasteiger partial charge < -0.3 is 15.6 Å². The van der Waals surface area contributed by atoms with Crippen LogP contribution >= 0.6 is 0 Å². The molecule has 1 fully saturated rings. The number of ether oxygens (including phenoxy) is 1. The Morgan fingerprint density at radius 2 is 1.89 bits per heavy atom. The Labute approximate surface area is 107 Å². The molecule has 18 heavy (non-hydrogen) atoms. The number of anilines is 1. The fourth-order valence-corrected chi connectivity index (χ4v) is 2.30. The number of esters is 1. The summed E-state index contributed by atoms with van der Waals surface area (Å²) in [6.45, 7) is 0. The summed E-state index contributed by atoms with van der Waals surface area (Å²) in [7, 11) is 0. The predicted octanol–water partition coefficient (Wildman–Crippen LogP) is 2.85. The van der Waals surface area contributed by atoms with Gasteiger partial charge in [-0.25, -0.2) is 4.79 Å². The van der Waals surface area contributed by atoms with Crippen molar-refractivity contribution in [2.24, 2.45) is 0 Å². The lowest BCUT2D eigenvalue weighted by molar-refractivity contribution is 0.0268. The van der Waals surface area contributed by atoms with Crippen molar-refractivity contribution < 1.29 is 14.6 Å². The maximum absolute atomic E-state index is 12.0. The minimum atomic E-state index is -0.435. The van der Waals surface area contributed by atoms with Crippen LogP contribution in [-0.2, 0) is 4.74 Å². The highest BCUT2D eigenvalue weighted by Crippen LogP contribution is 2.24. The van der Waals surface area contributed by atoms with Crippen molar-refractivity contribution in [3.8, 4) is 5.75 Å². The molecule has 4 nitrogen and oxygen atoms in total. The Kier molecular flexibility index (Phi) is 4.07. The summed E-state index contributed by atoms with van der Waals surface area (Å²) in [6.07, 6.45) is 6.46. The maximum Gasteiger partial charge on any atom is 0.340 e. The van der Waals surface area contributed by atoms with Gasteiger partial charge in [0.1, 0.15) is 11.9 Å². The number of nitrogen functional groups attached to an aromatic ring is 1. The number of nitrogens with two attached hydrogens (primary N) is 1. The number of phenolic OH excluding ortho intramolecular Hbond substituents is 1. The van der Waals surface area contributed by atoms with Crippen molar-refractivity contribution in [1.29, 1.82) is 0 Å². The summed E-state index contributed by atoms with van der Waals surface area (Å²) in [6, 6.07) is 4.32. The van der Waals surface area contributed by atoms with E-state index in [9.17, 15) is 9.90 Å². The normalized spacial score (nSPS) is 17.1. The first-order valence-electron chi connectivity index (χ1n) is 6.46. The van der Waals surface area contributed by atoms with E-state index in [0.29, 0.717) is 5.69 Å². The van der Waals surface area contributed by atoms with Gasteiger partial charge in [-0.1, -0.05) is 12.8 Å². The topological polar surface area (TPSA) is 72.5 Å². The first-order valence-corrected chi connectivity index (χ1v) is 6.46. The average Bonchev–Trinajstić information content (AvgIpc) is 2.61. The van der Waals surface area contributed by atoms with Crippen LogP contribution < -0.4 is 5.73 Å². The van der Waals surface area contributed by atoms with Gasteiger partial charge in [0.15, 0.2) is 0 Å². The first-order chi connectivity index (χ1) is 8.66. The molecule has 3 N–H and O–H groups in total. The van der Waals surface area contributed by atoms with Crippen molar-refractivity contribution in [3.63, 3.8) is 0 Å². The van der Waals surface area contributed by atoms with E-state index in [0.717, 1.165) is 25.7 Å². The molecular formula is C14H19NO3. The molecule has 0 aromatic heterocycles. The number of hydrogen-bond acceptors (Lipinski definition) is 4. The summed E-state index contributed by atoms with van der Waals surface area (Å²) >= 11 is 0. The third kappa shape index (κ3) is 3.15. The van der Waals surface area contributed by atoms with Crippen LogP contribution in [0.5, 0.6) is 5.75 Å². The van der Waals surface area contributed by atoms with Crippen molar-refractivity contribution in [2.45, 2.75) is 44.6 Å². The molecule has 0 amide bonds. The third-order valence-electron chi connectivity index (χ3n) is 3.33. The minimum absolute atomic E-state index is 0.0123. The molecule has 0 atom stereocenters. The summed E-state index contributed by atoms with van der Waals surface area (Å²) in [5, 5.41) is 9.37. The maximum atomic E-state index is 12.0. The van der Waals surface area contributed by atoms with Crippen molar-refractivity contribution >= 4 is 11.7 Å². The summed E-state index contributed by atoms with van der Waals surface area (Å²) in [4.78, 5) is 12.0. The molecule has 0 saturated heterocycles. The van der Waals surface area contributed by atoms with Crippen molar-refractivity contribution in [3.05, 3.63) is 23.8 Å². The van der Waals surface area contributed by atoms with Gasteiger partial charge in [0, 0.05) is 5.69 Å². The summed E-state index contributed by atoms with van der Waals surface area (Å²) in [5.41, 5.74) is 6.30. The second kappa shape index (κ2) is 5.76. The predicted molar refractivity (Wildman–Crippen MR) is 69.4 cm³/mol. The monoisotopic (exact) mass is 249 g/mol. The number of phenols is 1. The molecule has 0 bridgehead atoms. The van der Waals surface area contributed by atoms with Gasteiger partial charge >= 0.3 is 5.97 Å². The number of carbonyl (C=O) groups excluding carboxylic acids is 1. The Bertz CT molecular complexity index is 423. The van der Waals surface area contributed by atoms with E-state index in [1.165, 1.54) is 31.0 Å². The van der Waals surface area contributed by atoms with E-state index in [4.69, 9.17) is 10.5 Å². The zero-order valence-corrected chi connectivity index (χ0v) is 10.4. The van der Waals surface area contributed by atoms with Crippen LogP contribution in [0.3, 0.4) is 0 Å². The highest BCUT2D eigenvalue weighted by Gasteiger charge is 2.19. The van der Waals surface area contributed by atoms with E-state index in [-0.39, 0.29) is 17.4 Å². The molecule has 1 aromatic carbocycles. The molecule has 0 radical (unpaired) electrons. The second-order valence-corrected chi connectivity index (χ2v) is 4.79. The zero-order valence-electron chi connectivity index (χ0n) is 10.4. The van der Waals surface area contributed by atoms with Gasteiger partial charge in [-0.05, 0) is 43.9 Å². The Morgan fingerprint density at radius 1 is 1.22 bits per heavy atom. The molecule has 4 heteroatoms. The largest absolute Gasteiger partial charge is 0.508 e. The van der Waals surface area contributed by atoms with Crippen LogP contribution in [0.1, 0.15) is 48.9 Å². The fraction of sp³-hybridized carbons (Fsp3) is 0.500. The number of aromatic hydroxyl groups is 1. The second-order valence-electron chi connectivity index (χ2n) is 4.79. The Balaban J connectivity index is 2.04. The fourth-order valence-electron chi connectivity index (χ4n) is 2.30. The molecule has 1 aromatic rings. The SMILES string of the molecule is Nc1ccc(O)cc1C(=O)OC1CCCCCC1. The van der Waals surface area contributed by atoms with Crippen LogP contribution in [0, 0.1) is 0 Å². The third-order valence-corrected chi connectivity index (χ3v) is 3.33. The van der Waals surface area contributed by atoms with Crippen LogP contribution in [0.25, 0.3) is 0 Å². The standard InChI is InChI=1S/C14H19NO3/c15-13-8-7-10(16)9-12(13)14(17)18-11-5-3-1-2-4-6-11/h7-9,11,16H,1-6,15H2. The van der Waals surface area contributed by atoms with Gasteiger partial charge in [0.05, 0.1) is 5.56 Å². The molecule has 98 valence electrons. The van der Waals surface area contributed by atoms with E-state index < -0.39 is 5.97 Å². The quantitative estimate of drug-likeness (QED) is 0.366. The van der Waals surface area contributed by atoms with Gasteiger partial charge in [-0.3, -0.25) is 0 Å². The van der Waals surface area contributed by atoms with Crippen molar-refractivity contribution in [1.82, 2.24) is 0 Å². The Morgan fingerprint density at radius 3 is 2.56 bits per heavy atom. The number of carbonyl (C=O) groups is 1. The van der Waals surface area contributed by atoms with Crippen LogP contribution in [0.15, 0.2) is 18.2 Å². The van der Waals surface area contributed by atoms with Crippen molar-refractivity contribution in [2.75, 3.05) is 5.73 Å². The summed E-state index contributed by atoms with van der Waals surface area (Å²) < 4.78 is 5.46. The zero-order chi connectivity index (χ0) is 13.0.